The van der Waals surface area contributed by atoms with E-state index in [2.05, 4.69) is 4.98 Å². The van der Waals surface area contributed by atoms with Crippen LogP contribution in [0.5, 0.6) is 5.75 Å². The molecule has 0 saturated heterocycles. The Morgan fingerprint density at radius 1 is 1.23 bits per heavy atom. The molecule has 0 aliphatic heterocycles. The molecule has 6 nitrogen and oxygen atoms in total. The van der Waals surface area contributed by atoms with Crippen LogP contribution in [-0.4, -0.2) is 24.0 Å². The molecule has 138 valence electrons. The quantitative estimate of drug-likeness (QED) is 0.632. The number of aromatic nitrogens is 1. The van der Waals surface area contributed by atoms with Gasteiger partial charge in [-0.15, -0.1) is 0 Å². The Hall–Kier alpha value is -2.40. The van der Waals surface area contributed by atoms with E-state index in [9.17, 15) is 26.7 Å². The van der Waals surface area contributed by atoms with E-state index in [1.807, 2.05) is 0 Å². The van der Waals surface area contributed by atoms with Crippen molar-refractivity contribution < 1.29 is 31.1 Å². The third-order valence-electron chi connectivity index (χ3n) is 3.33. The number of benzene rings is 2. The van der Waals surface area contributed by atoms with Crippen LogP contribution in [0, 0.1) is 6.92 Å². The number of oxazole rings is 1. The van der Waals surface area contributed by atoms with Crippen LogP contribution in [0.2, 0.25) is 0 Å². The summed E-state index contributed by atoms with van der Waals surface area (Å²) in [6, 6.07) is 9.14. The summed E-state index contributed by atoms with van der Waals surface area (Å²) in [7, 11) is -5.58. The Bertz CT molecular complexity index is 1050. The number of alkyl halides is 3. The first-order valence-electron chi connectivity index (χ1n) is 7.03. The van der Waals surface area contributed by atoms with Crippen molar-refractivity contribution in [3.05, 3.63) is 42.0 Å². The number of sulfonamides is 1. The van der Waals surface area contributed by atoms with Crippen molar-refractivity contribution in [2.45, 2.75) is 22.6 Å². The number of nitrogens with zero attached hydrogens (tertiary/aromatic N) is 1. The number of phenolic OH excluding ortho intramolecular Hbond substituents is 1. The molecule has 11 heteroatoms. The Kier molecular flexibility index (Phi) is 4.53. The molecule has 0 aliphatic carbocycles. The van der Waals surface area contributed by atoms with E-state index in [4.69, 9.17) is 4.42 Å². The number of aromatic hydroxyl groups is 1. The molecule has 0 amide bonds. The Morgan fingerprint density at radius 3 is 2.58 bits per heavy atom. The molecular formula is C15H11F3N2O4S2. The Morgan fingerprint density at radius 2 is 1.92 bits per heavy atom. The molecule has 26 heavy (non-hydrogen) atoms. The number of rotatable bonds is 4. The fourth-order valence-electron chi connectivity index (χ4n) is 2.06. The number of para-hydroxylation sites is 2. The average molecular weight is 404 g/mol. The maximum Gasteiger partial charge on any atom is 0.516 e. The predicted octanol–water partition coefficient (Wildman–Crippen LogP) is 4.25. The highest BCUT2D eigenvalue weighted by Gasteiger charge is 2.46. The zero-order valence-corrected chi connectivity index (χ0v) is 14.7. The zero-order chi connectivity index (χ0) is 19.1. The fraction of sp³-hybridized carbons (Fsp3) is 0.133. The third-order valence-corrected chi connectivity index (χ3v) is 5.32. The van der Waals surface area contributed by atoms with E-state index in [0.29, 0.717) is 11.1 Å². The molecule has 2 aromatic carbocycles. The van der Waals surface area contributed by atoms with Gasteiger partial charge in [-0.25, -0.2) is 4.98 Å². The van der Waals surface area contributed by atoms with Crippen LogP contribution in [0.15, 0.2) is 50.9 Å². The molecule has 0 spiro atoms. The number of anilines is 1. The van der Waals surface area contributed by atoms with Gasteiger partial charge in [-0.1, -0.05) is 12.1 Å². The highest BCUT2D eigenvalue weighted by Crippen LogP contribution is 2.39. The molecule has 0 atom stereocenters. The number of halogens is 3. The molecule has 0 unspecified atom stereocenters. The minimum Gasteiger partial charge on any atom is -0.507 e. The van der Waals surface area contributed by atoms with Crippen LogP contribution in [0.1, 0.15) is 5.56 Å². The molecule has 0 aliphatic rings. The number of fused-ring (bicyclic) bond motifs is 1. The summed E-state index contributed by atoms with van der Waals surface area (Å²) in [6.45, 7) is 1.36. The largest absolute Gasteiger partial charge is 0.516 e. The number of nitrogens with one attached hydrogen (secondary N) is 1. The number of aryl methyl sites for hydroxylation is 1. The average Bonchev–Trinajstić information content (AvgIpc) is 2.93. The van der Waals surface area contributed by atoms with Gasteiger partial charge >= 0.3 is 15.5 Å². The summed E-state index contributed by atoms with van der Waals surface area (Å²) < 4.78 is 67.3. The SMILES string of the molecule is Cc1cc(O)c(Sc2nc3ccccc3o2)cc1NS(=O)(=O)C(F)(F)F. The highest BCUT2D eigenvalue weighted by molar-refractivity contribution is 7.99. The van der Waals surface area contributed by atoms with Crippen molar-refractivity contribution in [3.63, 3.8) is 0 Å². The molecule has 3 aromatic rings. The van der Waals surface area contributed by atoms with E-state index >= 15 is 0 Å². The summed E-state index contributed by atoms with van der Waals surface area (Å²) in [5, 5.41) is 10.2. The predicted molar refractivity (Wildman–Crippen MR) is 89.6 cm³/mol. The molecule has 0 saturated carbocycles. The third kappa shape index (κ3) is 3.58. The smallest absolute Gasteiger partial charge is 0.507 e. The van der Waals surface area contributed by atoms with Gasteiger partial charge in [-0.3, -0.25) is 4.72 Å². The van der Waals surface area contributed by atoms with Gasteiger partial charge in [0, 0.05) is 0 Å². The second-order valence-electron chi connectivity index (χ2n) is 5.24. The lowest BCUT2D eigenvalue weighted by atomic mass is 10.2. The van der Waals surface area contributed by atoms with Gasteiger partial charge in [0.2, 0.25) is 0 Å². The van der Waals surface area contributed by atoms with Crippen molar-refractivity contribution in [2.75, 3.05) is 4.72 Å². The summed E-state index contributed by atoms with van der Waals surface area (Å²) in [5.74, 6) is -0.246. The lowest BCUT2D eigenvalue weighted by Gasteiger charge is -2.14. The number of phenols is 1. The van der Waals surface area contributed by atoms with Crippen molar-refractivity contribution in [3.8, 4) is 5.75 Å². The van der Waals surface area contributed by atoms with Crippen LogP contribution in [0.4, 0.5) is 18.9 Å². The van der Waals surface area contributed by atoms with Gasteiger partial charge < -0.3 is 9.52 Å². The normalized spacial score (nSPS) is 12.5. The molecule has 1 heterocycles. The van der Waals surface area contributed by atoms with Crippen LogP contribution in [-0.2, 0) is 10.0 Å². The molecule has 0 radical (unpaired) electrons. The van der Waals surface area contributed by atoms with Gasteiger partial charge in [0.15, 0.2) is 5.58 Å². The first kappa shape index (κ1) is 18.4. The molecule has 0 bridgehead atoms. The minimum atomic E-state index is -5.58. The lowest BCUT2D eigenvalue weighted by Crippen LogP contribution is -2.30. The van der Waals surface area contributed by atoms with Gasteiger partial charge in [-0.05, 0) is 48.5 Å². The van der Waals surface area contributed by atoms with Crippen LogP contribution in [0.25, 0.3) is 11.1 Å². The van der Waals surface area contributed by atoms with Crippen LogP contribution in [0.3, 0.4) is 0 Å². The molecule has 2 N–H and O–H groups in total. The van der Waals surface area contributed by atoms with E-state index in [1.54, 1.807) is 24.3 Å². The molecular weight excluding hydrogens is 393 g/mol. The number of hydrogen-bond acceptors (Lipinski definition) is 6. The van der Waals surface area contributed by atoms with Gasteiger partial charge in [-0.2, -0.15) is 21.6 Å². The zero-order valence-electron chi connectivity index (χ0n) is 13.0. The first-order chi connectivity index (χ1) is 12.1. The fourth-order valence-corrected chi connectivity index (χ4v) is 3.48. The maximum absolute atomic E-state index is 12.6. The van der Waals surface area contributed by atoms with Gasteiger partial charge in [0.1, 0.15) is 11.3 Å². The summed E-state index contributed by atoms with van der Waals surface area (Å²) in [4.78, 5) is 4.27. The van der Waals surface area contributed by atoms with Crippen molar-refractivity contribution in [2.24, 2.45) is 0 Å². The Balaban J connectivity index is 1.95. The highest BCUT2D eigenvalue weighted by atomic mass is 32.2. The van der Waals surface area contributed by atoms with Crippen LogP contribution < -0.4 is 4.72 Å². The number of hydrogen-bond donors (Lipinski definition) is 2. The summed E-state index contributed by atoms with van der Waals surface area (Å²) in [6.07, 6.45) is 0. The second-order valence-corrected chi connectivity index (χ2v) is 7.90. The lowest BCUT2D eigenvalue weighted by molar-refractivity contribution is -0.0429. The Labute approximate surface area is 150 Å². The van der Waals surface area contributed by atoms with E-state index in [-0.39, 0.29) is 27.1 Å². The van der Waals surface area contributed by atoms with Crippen LogP contribution >= 0.6 is 11.8 Å². The van der Waals surface area contributed by atoms with Gasteiger partial charge in [0.05, 0.1) is 10.6 Å². The van der Waals surface area contributed by atoms with Crippen molar-refractivity contribution in [1.29, 1.82) is 0 Å². The molecule has 3 rings (SSSR count). The summed E-state index contributed by atoms with van der Waals surface area (Å²) >= 11 is 0.852. The molecule has 1 aromatic heterocycles. The minimum absolute atomic E-state index is 0.0852. The van der Waals surface area contributed by atoms with E-state index in [0.717, 1.165) is 23.9 Å². The van der Waals surface area contributed by atoms with Gasteiger partial charge in [0.25, 0.3) is 5.22 Å². The van der Waals surface area contributed by atoms with Crippen molar-refractivity contribution >= 4 is 38.6 Å². The maximum atomic E-state index is 12.6. The van der Waals surface area contributed by atoms with E-state index in [1.165, 1.54) is 11.6 Å². The van der Waals surface area contributed by atoms with E-state index < -0.39 is 15.5 Å². The summed E-state index contributed by atoms with van der Waals surface area (Å²) in [5.41, 5.74) is -4.57. The molecule has 0 fully saturated rings. The first-order valence-corrected chi connectivity index (χ1v) is 9.33. The second kappa shape index (κ2) is 6.40. The standard InChI is InChI=1S/C15H11F3N2O4S2/c1-8-6-11(21)13(7-10(8)20-26(22,23)15(16,17)18)25-14-19-9-4-2-3-5-12(9)24-14/h2-7,20-21H,1H3. The monoisotopic (exact) mass is 404 g/mol. The topological polar surface area (TPSA) is 92.4 Å². The van der Waals surface area contributed by atoms with Crippen molar-refractivity contribution in [1.82, 2.24) is 4.98 Å².